The average Bonchev–Trinajstić information content (AvgIpc) is 2.50. The van der Waals surface area contributed by atoms with E-state index in [-0.39, 0.29) is 13.2 Å². The van der Waals surface area contributed by atoms with Crippen molar-refractivity contribution >= 4 is 0 Å². The van der Waals surface area contributed by atoms with Crippen LogP contribution >= 0.6 is 0 Å². The van der Waals surface area contributed by atoms with Crippen molar-refractivity contribution in [2.75, 3.05) is 13.2 Å². The standard InChI is InChI=1S/C20H36O4/c1-16(9-6-10-18(15-22)13-14-21)7-5-8-17(2)11-12-19(23)20(3,4)24/h8-9,13,19,21-24H,5-7,10-12,14-15H2,1-4H3/b16-9+,17-8+,18-13-/t19-/m0/s1. The van der Waals surface area contributed by atoms with Crippen LogP contribution in [-0.2, 0) is 0 Å². The van der Waals surface area contributed by atoms with E-state index in [2.05, 4.69) is 26.0 Å². The van der Waals surface area contributed by atoms with Crippen molar-refractivity contribution in [3.05, 3.63) is 34.9 Å². The maximum atomic E-state index is 9.82. The van der Waals surface area contributed by atoms with Gasteiger partial charge in [0, 0.05) is 0 Å². The van der Waals surface area contributed by atoms with Gasteiger partial charge < -0.3 is 20.4 Å². The Morgan fingerprint density at radius 2 is 1.46 bits per heavy atom. The van der Waals surface area contributed by atoms with E-state index in [1.165, 1.54) is 11.1 Å². The topological polar surface area (TPSA) is 80.9 Å². The zero-order valence-corrected chi connectivity index (χ0v) is 15.8. The van der Waals surface area contributed by atoms with Crippen LogP contribution in [-0.4, -0.2) is 45.3 Å². The van der Waals surface area contributed by atoms with Gasteiger partial charge in [-0.2, -0.15) is 0 Å². The molecule has 0 radical (unpaired) electrons. The van der Waals surface area contributed by atoms with Crippen LogP contribution in [0.3, 0.4) is 0 Å². The molecule has 0 aromatic carbocycles. The molecule has 0 heterocycles. The van der Waals surface area contributed by atoms with Crippen molar-refractivity contribution in [3.8, 4) is 0 Å². The van der Waals surface area contributed by atoms with Crippen LogP contribution in [0.1, 0.15) is 66.2 Å². The molecule has 0 amide bonds. The van der Waals surface area contributed by atoms with E-state index < -0.39 is 11.7 Å². The Morgan fingerprint density at radius 1 is 0.917 bits per heavy atom. The molecular weight excluding hydrogens is 304 g/mol. The monoisotopic (exact) mass is 340 g/mol. The van der Waals surface area contributed by atoms with E-state index in [0.29, 0.717) is 6.42 Å². The van der Waals surface area contributed by atoms with E-state index in [4.69, 9.17) is 10.2 Å². The molecule has 0 unspecified atom stereocenters. The van der Waals surface area contributed by atoms with Crippen molar-refractivity contribution < 1.29 is 20.4 Å². The highest BCUT2D eigenvalue weighted by Crippen LogP contribution is 2.17. The number of hydrogen-bond acceptors (Lipinski definition) is 4. The molecule has 0 aliphatic heterocycles. The first-order chi connectivity index (χ1) is 11.2. The smallest absolute Gasteiger partial charge is 0.0849 e. The minimum absolute atomic E-state index is 0.00583. The predicted octanol–water partition coefficient (Wildman–Crippen LogP) is 3.26. The summed E-state index contributed by atoms with van der Waals surface area (Å²) in [5, 5.41) is 37.5. The lowest BCUT2D eigenvalue weighted by Crippen LogP contribution is -2.35. The minimum Gasteiger partial charge on any atom is -0.392 e. The maximum Gasteiger partial charge on any atom is 0.0849 e. The first-order valence-corrected chi connectivity index (χ1v) is 8.82. The third kappa shape index (κ3) is 11.6. The SMILES string of the molecule is C/C(=C\CC/C(=C/CO)CO)CC/C=C(\C)CC[C@H](O)C(C)(C)O. The lowest BCUT2D eigenvalue weighted by Gasteiger charge is -2.24. The number of allylic oxidation sites excluding steroid dienone is 4. The van der Waals surface area contributed by atoms with Gasteiger partial charge in [-0.3, -0.25) is 0 Å². The molecule has 0 saturated carbocycles. The first-order valence-electron chi connectivity index (χ1n) is 8.82. The summed E-state index contributed by atoms with van der Waals surface area (Å²) >= 11 is 0. The van der Waals surface area contributed by atoms with Gasteiger partial charge in [0.05, 0.1) is 24.9 Å². The second kappa shape index (κ2) is 12.4. The van der Waals surface area contributed by atoms with E-state index in [1.54, 1.807) is 19.9 Å². The van der Waals surface area contributed by atoms with E-state index >= 15 is 0 Å². The summed E-state index contributed by atoms with van der Waals surface area (Å²) < 4.78 is 0. The van der Waals surface area contributed by atoms with Gasteiger partial charge in [0.1, 0.15) is 0 Å². The molecule has 140 valence electrons. The van der Waals surface area contributed by atoms with Crippen LogP contribution < -0.4 is 0 Å². The van der Waals surface area contributed by atoms with E-state index in [0.717, 1.165) is 37.7 Å². The molecule has 1 atom stereocenters. The quantitative estimate of drug-likeness (QED) is 0.411. The molecule has 24 heavy (non-hydrogen) atoms. The Labute approximate surface area is 147 Å². The molecule has 0 rings (SSSR count). The lowest BCUT2D eigenvalue weighted by atomic mass is 9.95. The highest BCUT2D eigenvalue weighted by molar-refractivity contribution is 5.07. The minimum atomic E-state index is -1.04. The van der Waals surface area contributed by atoms with Crippen LogP contribution in [0.2, 0.25) is 0 Å². The van der Waals surface area contributed by atoms with Crippen LogP contribution in [0.25, 0.3) is 0 Å². The number of rotatable bonds is 12. The van der Waals surface area contributed by atoms with Crippen molar-refractivity contribution in [2.24, 2.45) is 0 Å². The van der Waals surface area contributed by atoms with Crippen LogP contribution in [0, 0.1) is 0 Å². The molecule has 4 nitrogen and oxygen atoms in total. The number of aliphatic hydroxyl groups is 4. The van der Waals surface area contributed by atoms with Crippen molar-refractivity contribution in [3.63, 3.8) is 0 Å². The summed E-state index contributed by atoms with van der Waals surface area (Å²) in [7, 11) is 0. The summed E-state index contributed by atoms with van der Waals surface area (Å²) in [5.74, 6) is 0. The van der Waals surface area contributed by atoms with E-state index in [1.807, 2.05) is 0 Å². The average molecular weight is 341 g/mol. The van der Waals surface area contributed by atoms with Gasteiger partial charge in [0.15, 0.2) is 0 Å². The van der Waals surface area contributed by atoms with Gasteiger partial charge in [-0.25, -0.2) is 0 Å². The molecule has 0 spiro atoms. The Morgan fingerprint density at radius 3 is 1.96 bits per heavy atom. The Bertz CT molecular complexity index is 427. The first kappa shape index (κ1) is 23.1. The molecule has 0 bridgehead atoms. The summed E-state index contributed by atoms with van der Waals surface area (Å²) in [6, 6.07) is 0. The fraction of sp³-hybridized carbons (Fsp3) is 0.700. The van der Waals surface area contributed by atoms with Crippen LogP contribution in [0.4, 0.5) is 0 Å². The molecule has 0 fully saturated rings. The third-order valence-corrected chi connectivity index (χ3v) is 4.20. The van der Waals surface area contributed by atoms with Crippen molar-refractivity contribution in [1.82, 2.24) is 0 Å². The highest BCUT2D eigenvalue weighted by Gasteiger charge is 2.23. The molecular formula is C20H36O4. The second-order valence-corrected chi connectivity index (χ2v) is 7.09. The molecule has 4 heteroatoms. The van der Waals surface area contributed by atoms with Gasteiger partial charge in [-0.15, -0.1) is 0 Å². The fourth-order valence-electron chi connectivity index (χ4n) is 2.35. The fourth-order valence-corrected chi connectivity index (χ4v) is 2.35. The second-order valence-electron chi connectivity index (χ2n) is 7.09. The molecule has 0 saturated heterocycles. The van der Waals surface area contributed by atoms with Gasteiger partial charge in [-0.1, -0.05) is 29.4 Å². The van der Waals surface area contributed by atoms with Crippen molar-refractivity contribution in [1.29, 1.82) is 0 Å². The van der Waals surface area contributed by atoms with Gasteiger partial charge in [-0.05, 0) is 71.8 Å². The zero-order chi connectivity index (χ0) is 18.6. The summed E-state index contributed by atoms with van der Waals surface area (Å²) in [6.45, 7) is 7.40. The predicted molar refractivity (Wildman–Crippen MR) is 99.8 cm³/mol. The van der Waals surface area contributed by atoms with Crippen LogP contribution in [0.15, 0.2) is 34.9 Å². The van der Waals surface area contributed by atoms with Gasteiger partial charge in [0.25, 0.3) is 0 Å². The molecule has 0 aromatic heterocycles. The highest BCUT2D eigenvalue weighted by atomic mass is 16.3. The molecule has 0 aliphatic rings. The molecule has 0 aromatic rings. The maximum absolute atomic E-state index is 9.82. The van der Waals surface area contributed by atoms with Gasteiger partial charge in [0.2, 0.25) is 0 Å². The zero-order valence-electron chi connectivity index (χ0n) is 15.8. The number of hydrogen-bond donors (Lipinski definition) is 4. The Kier molecular flexibility index (Phi) is 11.9. The number of aliphatic hydroxyl groups excluding tert-OH is 3. The van der Waals surface area contributed by atoms with Crippen LogP contribution in [0.5, 0.6) is 0 Å². The largest absolute Gasteiger partial charge is 0.392 e. The normalized spacial score (nSPS) is 15.8. The summed E-state index contributed by atoms with van der Waals surface area (Å²) in [6.07, 6.45) is 10.3. The summed E-state index contributed by atoms with van der Waals surface area (Å²) in [4.78, 5) is 0. The third-order valence-electron chi connectivity index (χ3n) is 4.20. The Balaban J connectivity index is 4.10. The summed E-state index contributed by atoms with van der Waals surface area (Å²) in [5.41, 5.74) is 2.39. The van der Waals surface area contributed by atoms with Crippen molar-refractivity contribution in [2.45, 2.75) is 77.9 Å². The lowest BCUT2D eigenvalue weighted by molar-refractivity contribution is -0.0509. The molecule has 4 N–H and O–H groups in total. The van der Waals surface area contributed by atoms with E-state index in [9.17, 15) is 10.2 Å². The molecule has 0 aliphatic carbocycles. The Hall–Kier alpha value is -0.940. The van der Waals surface area contributed by atoms with Gasteiger partial charge >= 0.3 is 0 Å².